The molecule has 2 N–H and O–H groups in total. The average molecular weight is 312 g/mol. The number of benzene rings is 1. The van der Waals surface area contributed by atoms with Crippen molar-refractivity contribution in [1.29, 1.82) is 0 Å². The molecule has 5 nitrogen and oxygen atoms in total. The lowest BCUT2D eigenvalue weighted by molar-refractivity contribution is -0.121. The van der Waals surface area contributed by atoms with Gasteiger partial charge in [0.2, 0.25) is 15.9 Å². The zero-order valence-corrected chi connectivity index (χ0v) is 14.1. The van der Waals surface area contributed by atoms with Crippen LogP contribution in [-0.2, 0) is 14.8 Å². The molecule has 0 unspecified atom stereocenters. The second kappa shape index (κ2) is 7.04. The summed E-state index contributed by atoms with van der Waals surface area (Å²) >= 11 is 0. The number of amides is 1. The van der Waals surface area contributed by atoms with Crippen LogP contribution in [0.25, 0.3) is 0 Å². The Kier molecular flexibility index (Phi) is 5.92. The molecule has 0 aliphatic heterocycles. The molecule has 1 aromatic rings. The number of carbonyl (C=O) groups excluding carboxylic acids is 1. The molecule has 1 aromatic carbocycles. The highest BCUT2D eigenvalue weighted by Crippen LogP contribution is 2.21. The third kappa shape index (κ3) is 5.13. The molecule has 1 amide bonds. The van der Waals surface area contributed by atoms with Gasteiger partial charge in [0, 0.05) is 19.0 Å². The van der Waals surface area contributed by atoms with Gasteiger partial charge in [-0.15, -0.1) is 0 Å². The smallest absolute Gasteiger partial charge is 0.241 e. The Labute approximate surface area is 127 Å². The third-order valence-electron chi connectivity index (χ3n) is 2.97. The highest BCUT2D eigenvalue weighted by Gasteiger charge is 2.19. The number of rotatable bonds is 6. The maximum Gasteiger partial charge on any atom is 0.241 e. The van der Waals surface area contributed by atoms with Crippen molar-refractivity contribution in [1.82, 2.24) is 10.0 Å². The summed E-state index contributed by atoms with van der Waals surface area (Å²) in [5, 5.41) is 2.73. The first kappa shape index (κ1) is 17.7. The Morgan fingerprint density at radius 1 is 1.14 bits per heavy atom. The number of nitrogens with one attached hydrogen (secondary N) is 2. The van der Waals surface area contributed by atoms with Gasteiger partial charge in [-0.2, -0.15) is 0 Å². The minimum absolute atomic E-state index is 0.0516. The molecule has 0 heterocycles. The zero-order valence-electron chi connectivity index (χ0n) is 13.3. The summed E-state index contributed by atoms with van der Waals surface area (Å²) in [6.45, 7) is 9.30. The Morgan fingerprint density at radius 3 is 2.14 bits per heavy atom. The molecule has 21 heavy (non-hydrogen) atoms. The van der Waals surface area contributed by atoms with Gasteiger partial charge in [-0.25, -0.2) is 13.1 Å². The maximum atomic E-state index is 12.3. The average Bonchev–Trinajstić information content (AvgIpc) is 2.24. The van der Waals surface area contributed by atoms with Crippen LogP contribution in [0.3, 0.4) is 0 Å². The van der Waals surface area contributed by atoms with Gasteiger partial charge in [-0.05, 0) is 45.7 Å². The van der Waals surface area contributed by atoms with Gasteiger partial charge in [0.25, 0.3) is 0 Å². The molecular formula is C15H24N2O3S. The van der Waals surface area contributed by atoms with Crippen LogP contribution in [0.5, 0.6) is 0 Å². The van der Waals surface area contributed by atoms with Gasteiger partial charge in [0.15, 0.2) is 0 Å². The number of hydrogen-bond donors (Lipinski definition) is 2. The van der Waals surface area contributed by atoms with Crippen LogP contribution in [-0.4, -0.2) is 26.9 Å². The van der Waals surface area contributed by atoms with E-state index in [1.54, 1.807) is 13.8 Å². The van der Waals surface area contributed by atoms with Crippen LogP contribution in [0.4, 0.5) is 0 Å². The van der Waals surface area contributed by atoms with Crippen LogP contribution in [0.15, 0.2) is 17.0 Å². The van der Waals surface area contributed by atoms with Crippen molar-refractivity contribution in [3.05, 3.63) is 28.8 Å². The molecule has 0 saturated carbocycles. The fourth-order valence-corrected chi connectivity index (χ4v) is 3.84. The minimum Gasteiger partial charge on any atom is -0.354 e. The van der Waals surface area contributed by atoms with E-state index in [4.69, 9.17) is 0 Å². The quantitative estimate of drug-likeness (QED) is 0.841. The van der Waals surface area contributed by atoms with Crippen LogP contribution in [0.2, 0.25) is 0 Å². The molecule has 0 spiro atoms. The van der Waals surface area contributed by atoms with Crippen molar-refractivity contribution < 1.29 is 13.2 Å². The molecule has 0 saturated heterocycles. The van der Waals surface area contributed by atoms with E-state index in [0.717, 1.165) is 5.56 Å². The van der Waals surface area contributed by atoms with Gasteiger partial charge in [0.05, 0.1) is 4.90 Å². The third-order valence-corrected chi connectivity index (χ3v) is 4.73. The zero-order chi connectivity index (χ0) is 16.2. The minimum atomic E-state index is -3.59. The lowest BCUT2D eigenvalue weighted by atomic mass is 10.1. The first-order valence-electron chi connectivity index (χ1n) is 7.00. The van der Waals surface area contributed by atoms with Crippen LogP contribution < -0.4 is 10.0 Å². The molecule has 0 aromatic heterocycles. The van der Waals surface area contributed by atoms with Gasteiger partial charge < -0.3 is 5.32 Å². The van der Waals surface area contributed by atoms with Crippen molar-refractivity contribution in [3.63, 3.8) is 0 Å². The molecular weight excluding hydrogens is 288 g/mol. The molecule has 0 aliphatic carbocycles. The Balaban J connectivity index is 2.77. The van der Waals surface area contributed by atoms with Crippen molar-refractivity contribution >= 4 is 15.9 Å². The highest BCUT2D eigenvalue weighted by molar-refractivity contribution is 7.89. The molecule has 118 valence electrons. The van der Waals surface area contributed by atoms with Crippen molar-refractivity contribution in [2.45, 2.75) is 52.0 Å². The van der Waals surface area contributed by atoms with Crippen LogP contribution >= 0.6 is 0 Å². The van der Waals surface area contributed by atoms with Gasteiger partial charge in [-0.3, -0.25) is 4.79 Å². The summed E-state index contributed by atoms with van der Waals surface area (Å²) in [5.41, 5.74) is 2.46. The SMILES string of the molecule is Cc1cc(C)c(S(=O)(=O)NCCC(=O)NC(C)C)c(C)c1. The summed E-state index contributed by atoms with van der Waals surface area (Å²) in [6, 6.07) is 3.73. The number of sulfonamides is 1. The van der Waals surface area contributed by atoms with Crippen LogP contribution in [0.1, 0.15) is 37.0 Å². The highest BCUT2D eigenvalue weighted by atomic mass is 32.2. The van der Waals surface area contributed by atoms with E-state index in [9.17, 15) is 13.2 Å². The van der Waals surface area contributed by atoms with Gasteiger partial charge in [0.1, 0.15) is 0 Å². The summed E-state index contributed by atoms with van der Waals surface area (Å²) in [4.78, 5) is 11.8. The summed E-state index contributed by atoms with van der Waals surface area (Å²) in [6.07, 6.45) is 0.126. The Morgan fingerprint density at radius 2 is 1.67 bits per heavy atom. The van der Waals surface area contributed by atoms with Gasteiger partial charge in [-0.1, -0.05) is 17.7 Å². The van der Waals surface area contributed by atoms with E-state index in [-0.39, 0.29) is 24.9 Å². The van der Waals surface area contributed by atoms with E-state index < -0.39 is 10.0 Å². The predicted octanol–water partition coefficient (Wildman–Crippen LogP) is 1.80. The monoisotopic (exact) mass is 312 g/mol. The van der Waals surface area contributed by atoms with Crippen molar-refractivity contribution in [2.75, 3.05) is 6.54 Å². The molecule has 0 aliphatic rings. The van der Waals surface area contributed by atoms with E-state index in [2.05, 4.69) is 10.0 Å². The summed E-state index contributed by atoms with van der Waals surface area (Å²) < 4.78 is 27.2. The number of hydrogen-bond acceptors (Lipinski definition) is 3. The standard InChI is InChI=1S/C15H24N2O3S/c1-10(2)17-14(18)6-7-16-21(19,20)15-12(4)8-11(3)9-13(15)5/h8-10,16H,6-7H2,1-5H3,(H,17,18). The Bertz CT molecular complexity index is 599. The van der Waals surface area contributed by atoms with E-state index in [1.807, 2.05) is 32.9 Å². The summed E-state index contributed by atoms with van der Waals surface area (Å²) in [5.74, 6) is -0.162. The normalized spacial score (nSPS) is 11.7. The van der Waals surface area contributed by atoms with Crippen molar-refractivity contribution in [3.8, 4) is 0 Å². The number of aryl methyl sites for hydroxylation is 3. The lowest BCUT2D eigenvalue weighted by Crippen LogP contribution is -2.34. The second-order valence-electron chi connectivity index (χ2n) is 5.60. The molecule has 0 bridgehead atoms. The molecule has 0 radical (unpaired) electrons. The molecule has 0 fully saturated rings. The fourth-order valence-electron chi connectivity index (χ4n) is 2.36. The molecule has 0 atom stereocenters. The predicted molar refractivity (Wildman–Crippen MR) is 83.7 cm³/mol. The number of carbonyl (C=O) groups is 1. The van der Waals surface area contributed by atoms with E-state index >= 15 is 0 Å². The van der Waals surface area contributed by atoms with Crippen molar-refractivity contribution in [2.24, 2.45) is 0 Å². The first-order chi connectivity index (χ1) is 9.63. The van der Waals surface area contributed by atoms with E-state index in [1.165, 1.54) is 0 Å². The molecule has 6 heteroatoms. The fraction of sp³-hybridized carbons (Fsp3) is 0.533. The van der Waals surface area contributed by atoms with Gasteiger partial charge >= 0.3 is 0 Å². The Hall–Kier alpha value is -1.40. The summed E-state index contributed by atoms with van der Waals surface area (Å²) in [7, 11) is -3.59. The topological polar surface area (TPSA) is 75.3 Å². The maximum absolute atomic E-state index is 12.3. The second-order valence-corrected chi connectivity index (χ2v) is 7.30. The first-order valence-corrected chi connectivity index (χ1v) is 8.48. The lowest BCUT2D eigenvalue weighted by Gasteiger charge is -2.13. The largest absolute Gasteiger partial charge is 0.354 e. The van der Waals surface area contributed by atoms with Crippen LogP contribution in [0, 0.1) is 20.8 Å². The molecule has 1 rings (SSSR count). The van der Waals surface area contributed by atoms with E-state index in [0.29, 0.717) is 16.0 Å².